The molecule has 1 aromatic carbocycles. The van der Waals surface area contributed by atoms with Gasteiger partial charge < -0.3 is 5.32 Å². The first-order chi connectivity index (χ1) is 7.38. The summed E-state index contributed by atoms with van der Waals surface area (Å²) in [5, 5.41) is 3.39. The molecule has 1 saturated carbocycles. The Morgan fingerprint density at radius 3 is 2.33 bits per heavy atom. The zero-order valence-electron chi connectivity index (χ0n) is 9.58. The first kappa shape index (κ1) is 10.7. The van der Waals surface area contributed by atoms with E-state index in [2.05, 4.69) is 42.7 Å². The largest absolute Gasteiger partial charge is 0.317 e. The van der Waals surface area contributed by atoms with Crippen molar-refractivity contribution in [3.8, 4) is 0 Å². The van der Waals surface area contributed by atoms with E-state index in [1.165, 1.54) is 37.7 Å². The van der Waals surface area contributed by atoms with Crippen molar-refractivity contribution in [3.05, 3.63) is 35.9 Å². The second-order valence-corrected chi connectivity index (χ2v) is 4.70. The third kappa shape index (κ3) is 3.07. The molecule has 1 aromatic rings. The van der Waals surface area contributed by atoms with Crippen LogP contribution in [0.25, 0.3) is 0 Å². The third-order valence-electron chi connectivity index (χ3n) is 3.62. The van der Waals surface area contributed by atoms with E-state index in [1.807, 2.05) is 0 Å². The van der Waals surface area contributed by atoms with Gasteiger partial charge in [-0.25, -0.2) is 0 Å². The average Bonchev–Trinajstić information content (AvgIpc) is 2.31. The molecule has 1 heteroatoms. The fourth-order valence-electron chi connectivity index (χ4n) is 2.60. The van der Waals surface area contributed by atoms with Crippen LogP contribution in [0.2, 0.25) is 0 Å². The monoisotopic (exact) mass is 203 g/mol. The molecular formula is C14H21N. The molecule has 0 radical (unpaired) electrons. The van der Waals surface area contributed by atoms with Crippen LogP contribution in [0.1, 0.15) is 31.2 Å². The van der Waals surface area contributed by atoms with Crippen molar-refractivity contribution in [1.82, 2.24) is 5.32 Å². The number of hydrogen-bond donors (Lipinski definition) is 1. The average molecular weight is 203 g/mol. The Bertz CT molecular complexity index is 273. The minimum Gasteiger partial charge on any atom is -0.317 e. The molecule has 0 spiro atoms. The Hall–Kier alpha value is -0.820. The minimum atomic E-state index is 0.775. The van der Waals surface area contributed by atoms with Gasteiger partial charge in [0.25, 0.3) is 0 Å². The molecule has 1 aliphatic rings. The summed E-state index contributed by atoms with van der Waals surface area (Å²) >= 11 is 0. The summed E-state index contributed by atoms with van der Waals surface area (Å²) in [6.45, 7) is 0. The molecule has 0 atom stereocenters. The maximum atomic E-state index is 3.39. The highest BCUT2D eigenvalue weighted by atomic mass is 14.9. The molecule has 0 saturated heterocycles. The standard InChI is InChI=1S/C14H21N/c1-15-14-9-7-13(8-10-14)11-12-5-3-2-4-6-12/h2-6,13-15H,7-11H2,1H3. The van der Waals surface area contributed by atoms with E-state index in [0.29, 0.717) is 0 Å². The van der Waals surface area contributed by atoms with Crippen LogP contribution in [0, 0.1) is 5.92 Å². The van der Waals surface area contributed by atoms with Crippen molar-refractivity contribution in [2.75, 3.05) is 7.05 Å². The van der Waals surface area contributed by atoms with E-state index in [1.54, 1.807) is 0 Å². The molecule has 15 heavy (non-hydrogen) atoms. The lowest BCUT2D eigenvalue weighted by Gasteiger charge is -2.28. The molecule has 0 aromatic heterocycles. The Morgan fingerprint density at radius 2 is 1.73 bits per heavy atom. The molecule has 2 rings (SSSR count). The summed E-state index contributed by atoms with van der Waals surface area (Å²) in [4.78, 5) is 0. The van der Waals surface area contributed by atoms with Crippen molar-refractivity contribution in [2.24, 2.45) is 5.92 Å². The normalized spacial score (nSPS) is 26.5. The molecule has 1 aliphatic carbocycles. The van der Waals surface area contributed by atoms with Crippen LogP contribution in [0.3, 0.4) is 0 Å². The summed E-state index contributed by atoms with van der Waals surface area (Å²) in [7, 11) is 2.09. The summed E-state index contributed by atoms with van der Waals surface area (Å²) in [6, 6.07) is 11.7. The van der Waals surface area contributed by atoms with Gasteiger partial charge in [0.1, 0.15) is 0 Å². The van der Waals surface area contributed by atoms with Crippen LogP contribution in [0.15, 0.2) is 30.3 Å². The Labute approximate surface area is 92.9 Å². The highest BCUT2D eigenvalue weighted by Gasteiger charge is 2.19. The maximum Gasteiger partial charge on any atom is 0.00642 e. The van der Waals surface area contributed by atoms with Crippen LogP contribution >= 0.6 is 0 Å². The maximum absolute atomic E-state index is 3.39. The summed E-state index contributed by atoms with van der Waals surface area (Å²) < 4.78 is 0. The van der Waals surface area contributed by atoms with Crippen LogP contribution in [-0.4, -0.2) is 13.1 Å². The molecule has 0 amide bonds. The van der Waals surface area contributed by atoms with E-state index in [4.69, 9.17) is 0 Å². The molecule has 0 heterocycles. The van der Waals surface area contributed by atoms with Crippen LogP contribution in [0.5, 0.6) is 0 Å². The zero-order valence-corrected chi connectivity index (χ0v) is 9.58. The summed E-state index contributed by atoms with van der Waals surface area (Å²) in [6.07, 6.45) is 6.76. The first-order valence-electron chi connectivity index (χ1n) is 6.09. The fraction of sp³-hybridized carbons (Fsp3) is 0.571. The predicted octanol–water partition coefficient (Wildman–Crippen LogP) is 3.01. The Morgan fingerprint density at radius 1 is 1.07 bits per heavy atom. The second-order valence-electron chi connectivity index (χ2n) is 4.70. The van der Waals surface area contributed by atoms with E-state index < -0.39 is 0 Å². The van der Waals surface area contributed by atoms with Crippen LogP contribution in [-0.2, 0) is 6.42 Å². The second kappa shape index (κ2) is 5.32. The van der Waals surface area contributed by atoms with Gasteiger partial charge in [0.05, 0.1) is 0 Å². The number of benzene rings is 1. The minimum absolute atomic E-state index is 0.775. The molecule has 1 fully saturated rings. The highest BCUT2D eigenvalue weighted by molar-refractivity contribution is 5.15. The van der Waals surface area contributed by atoms with Crippen molar-refractivity contribution >= 4 is 0 Å². The van der Waals surface area contributed by atoms with E-state index in [-0.39, 0.29) is 0 Å². The lowest BCUT2D eigenvalue weighted by molar-refractivity contribution is 0.300. The molecule has 0 bridgehead atoms. The van der Waals surface area contributed by atoms with Gasteiger partial charge in [0.15, 0.2) is 0 Å². The predicted molar refractivity (Wildman–Crippen MR) is 65.0 cm³/mol. The lowest BCUT2D eigenvalue weighted by Crippen LogP contribution is -2.30. The van der Waals surface area contributed by atoms with Crippen molar-refractivity contribution in [3.63, 3.8) is 0 Å². The Balaban J connectivity index is 1.82. The summed E-state index contributed by atoms with van der Waals surface area (Å²) in [5.41, 5.74) is 1.51. The van der Waals surface area contributed by atoms with E-state index >= 15 is 0 Å². The SMILES string of the molecule is CNC1CCC(Cc2ccccc2)CC1. The molecule has 1 nitrogen and oxygen atoms in total. The van der Waals surface area contributed by atoms with Crippen LogP contribution < -0.4 is 5.32 Å². The van der Waals surface area contributed by atoms with Gasteiger partial charge in [-0.3, -0.25) is 0 Å². The smallest absolute Gasteiger partial charge is 0.00642 e. The number of hydrogen-bond acceptors (Lipinski definition) is 1. The molecule has 82 valence electrons. The number of nitrogens with one attached hydrogen (secondary N) is 1. The van der Waals surface area contributed by atoms with Gasteiger partial charge in [0.2, 0.25) is 0 Å². The van der Waals surface area contributed by atoms with E-state index in [9.17, 15) is 0 Å². The molecule has 0 unspecified atom stereocenters. The van der Waals surface area contributed by atoms with Crippen molar-refractivity contribution in [1.29, 1.82) is 0 Å². The van der Waals surface area contributed by atoms with Gasteiger partial charge >= 0.3 is 0 Å². The van der Waals surface area contributed by atoms with Crippen molar-refractivity contribution < 1.29 is 0 Å². The lowest BCUT2D eigenvalue weighted by atomic mass is 9.82. The third-order valence-corrected chi connectivity index (χ3v) is 3.62. The Kier molecular flexibility index (Phi) is 3.79. The fourth-order valence-corrected chi connectivity index (χ4v) is 2.60. The molecule has 1 N–H and O–H groups in total. The van der Waals surface area contributed by atoms with E-state index in [0.717, 1.165) is 12.0 Å². The van der Waals surface area contributed by atoms with Crippen LogP contribution in [0.4, 0.5) is 0 Å². The molecule has 0 aliphatic heterocycles. The molecular weight excluding hydrogens is 182 g/mol. The van der Waals surface area contributed by atoms with Gasteiger partial charge in [-0.2, -0.15) is 0 Å². The van der Waals surface area contributed by atoms with Gasteiger partial charge in [-0.05, 0) is 50.6 Å². The number of rotatable bonds is 3. The van der Waals surface area contributed by atoms with Gasteiger partial charge in [-0.15, -0.1) is 0 Å². The quantitative estimate of drug-likeness (QED) is 0.796. The highest BCUT2D eigenvalue weighted by Crippen LogP contribution is 2.26. The van der Waals surface area contributed by atoms with Gasteiger partial charge in [0, 0.05) is 6.04 Å². The van der Waals surface area contributed by atoms with Gasteiger partial charge in [-0.1, -0.05) is 30.3 Å². The topological polar surface area (TPSA) is 12.0 Å². The summed E-state index contributed by atoms with van der Waals surface area (Å²) in [5.74, 6) is 0.914. The zero-order chi connectivity index (χ0) is 10.5. The first-order valence-corrected chi connectivity index (χ1v) is 6.09. The van der Waals surface area contributed by atoms with Crippen molar-refractivity contribution in [2.45, 2.75) is 38.1 Å².